The van der Waals surface area contributed by atoms with Gasteiger partial charge in [-0.15, -0.1) is 6.42 Å². The minimum Gasteiger partial charge on any atom is -0.385 e. The summed E-state index contributed by atoms with van der Waals surface area (Å²) in [5.41, 5.74) is 0.251. The standard InChI is InChI=1S/C11H21NO/c1-6-10(2)12-9-11(3,4)7-8-13-5/h1,10,12H,7-9H2,2-5H3. The Bertz CT molecular complexity index is 169. The molecule has 0 aromatic rings. The van der Waals surface area contributed by atoms with Gasteiger partial charge < -0.3 is 10.1 Å². The van der Waals surface area contributed by atoms with Crippen LogP contribution in [0.15, 0.2) is 0 Å². The summed E-state index contributed by atoms with van der Waals surface area (Å²) in [5, 5.41) is 3.29. The summed E-state index contributed by atoms with van der Waals surface area (Å²) in [4.78, 5) is 0. The molecule has 0 amide bonds. The SMILES string of the molecule is C#CC(C)NCC(C)(C)CCOC. The van der Waals surface area contributed by atoms with Crippen molar-refractivity contribution in [3.05, 3.63) is 0 Å². The van der Waals surface area contributed by atoms with Gasteiger partial charge >= 0.3 is 0 Å². The lowest BCUT2D eigenvalue weighted by molar-refractivity contribution is 0.150. The molecule has 1 atom stereocenters. The first-order valence-electron chi connectivity index (χ1n) is 4.70. The molecular weight excluding hydrogens is 162 g/mol. The number of nitrogens with one attached hydrogen (secondary N) is 1. The van der Waals surface area contributed by atoms with Gasteiger partial charge in [-0.1, -0.05) is 19.8 Å². The van der Waals surface area contributed by atoms with Crippen LogP contribution in [0.3, 0.4) is 0 Å². The first-order valence-corrected chi connectivity index (χ1v) is 4.70. The van der Waals surface area contributed by atoms with E-state index in [9.17, 15) is 0 Å². The smallest absolute Gasteiger partial charge is 0.0658 e. The van der Waals surface area contributed by atoms with Gasteiger partial charge in [0.1, 0.15) is 0 Å². The molecular formula is C11H21NO. The molecule has 2 nitrogen and oxygen atoms in total. The second kappa shape index (κ2) is 6.01. The average Bonchev–Trinajstić information content (AvgIpc) is 2.11. The van der Waals surface area contributed by atoms with Gasteiger partial charge in [-0.25, -0.2) is 0 Å². The zero-order valence-electron chi connectivity index (χ0n) is 9.18. The molecule has 0 aliphatic rings. The maximum absolute atomic E-state index is 5.26. The van der Waals surface area contributed by atoms with E-state index in [0.29, 0.717) is 0 Å². The number of hydrogen-bond donors (Lipinski definition) is 1. The molecule has 2 heteroatoms. The van der Waals surface area contributed by atoms with Crippen LogP contribution in [-0.2, 0) is 4.74 Å². The van der Waals surface area contributed by atoms with Crippen molar-refractivity contribution < 1.29 is 4.74 Å². The van der Waals surface area contributed by atoms with Gasteiger partial charge in [0, 0.05) is 20.3 Å². The van der Waals surface area contributed by atoms with Crippen LogP contribution in [0, 0.1) is 17.8 Å². The number of terminal acetylenes is 1. The highest BCUT2D eigenvalue weighted by atomic mass is 16.5. The van der Waals surface area contributed by atoms with Crippen LogP contribution >= 0.6 is 0 Å². The van der Waals surface area contributed by atoms with Gasteiger partial charge in [0.15, 0.2) is 0 Å². The molecule has 0 radical (unpaired) electrons. The van der Waals surface area contributed by atoms with Gasteiger partial charge in [-0.2, -0.15) is 0 Å². The Morgan fingerprint density at radius 2 is 2.15 bits per heavy atom. The first kappa shape index (κ1) is 12.5. The van der Waals surface area contributed by atoms with Crippen molar-refractivity contribution in [3.63, 3.8) is 0 Å². The molecule has 1 N–H and O–H groups in total. The van der Waals surface area contributed by atoms with Crippen LogP contribution < -0.4 is 5.32 Å². The molecule has 0 spiro atoms. The zero-order valence-corrected chi connectivity index (χ0v) is 9.18. The van der Waals surface area contributed by atoms with Gasteiger partial charge in [0.05, 0.1) is 6.04 Å². The van der Waals surface area contributed by atoms with Crippen molar-refractivity contribution >= 4 is 0 Å². The first-order chi connectivity index (χ1) is 6.02. The highest BCUT2D eigenvalue weighted by molar-refractivity contribution is 4.96. The Labute approximate surface area is 82.1 Å². The topological polar surface area (TPSA) is 21.3 Å². The number of ether oxygens (including phenoxy) is 1. The number of hydrogen-bond acceptors (Lipinski definition) is 2. The minimum atomic E-state index is 0.154. The fraction of sp³-hybridized carbons (Fsp3) is 0.818. The molecule has 1 unspecified atom stereocenters. The van der Waals surface area contributed by atoms with E-state index in [4.69, 9.17) is 11.2 Å². The highest BCUT2D eigenvalue weighted by Gasteiger charge is 2.17. The number of methoxy groups -OCH3 is 1. The third-order valence-electron chi connectivity index (χ3n) is 2.12. The fourth-order valence-corrected chi connectivity index (χ4v) is 0.955. The molecule has 0 heterocycles. The Hall–Kier alpha value is -0.520. The van der Waals surface area contributed by atoms with Crippen LogP contribution in [0.2, 0.25) is 0 Å². The Balaban J connectivity index is 3.69. The highest BCUT2D eigenvalue weighted by Crippen LogP contribution is 2.18. The average molecular weight is 183 g/mol. The van der Waals surface area contributed by atoms with Crippen molar-refractivity contribution in [1.29, 1.82) is 0 Å². The van der Waals surface area contributed by atoms with Crippen LogP contribution in [0.1, 0.15) is 27.2 Å². The summed E-state index contributed by atoms with van der Waals surface area (Å²) in [6.07, 6.45) is 6.31. The van der Waals surface area contributed by atoms with Crippen LogP contribution in [0.4, 0.5) is 0 Å². The lowest BCUT2D eigenvalue weighted by atomic mass is 9.89. The summed E-state index contributed by atoms with van der Waals surface area (Å²) in [7, 11) is 1.73. The lowest BCUT2D eigenvalue weighted by Gasteiger charge is -2.25. The predicted octanol–water partition coefficient (Wildman–Crippen LogP) is 1.66. The quantitative estimate of drug-likeness (QED) is 0.632. The molecule has 76 valence electrons. The normalized spacial score (nSPS) is 13.8. The molecule has 0 fully saturated rings. The Morgan fingerprint density at radius 1 is 1.54 bits per heavy atom. The maximum atomic E-state index is 5.26. The molecule has 0 rings (SSSR count). The van der Waals surface area contributed by atoms with Crippen LogP contribution in [0.5, 0.6) is 0 Å². The largest absolute Gasteiger partial charge is 0.385 e. The fourth-order valence-electron chi connectivity index (χ4n) is 0.955. The molecule has 0 bridgehead atoms. The number of rotatable bonds is 6. The van der Waals surface area contributed by atoms with E-state index in [0.717, 1.165) is 19.6 Å². The van der Waals surface area contributed by atoms with Gasteiger partial charge in [-0.3, -0.25) is 0 Å². The lowest BCUT2D eigenvalue weighted by Crippen LogP contribution is -2.35. The third-order valence-corrected chi connectivity index (χ3v) is 2.12. The molecule has 0 aliphatic carbocycles. The molecule has 0 saturated heterocycles. The second-order valence-electron chi connectivity index (χ2n) is 4.18. The predicted molar refractivity (Wildman–Crippen MR) is 56.6 cm³/mol. The van der Waals surface area contributed by atoms with E-state index < -0.39 is 0 Å². The van der Waals surface area contributed by atoms with Crippen molar-refractivity contribution in [1.82, 2.24) is 5.32 Å². The van der Waals surface area contributed by atoms with Crippen molar-refractivity contribution in [3.8, 4) is 12.3 Å². The van der Waals surface area contributed by atoms with Gasteiger partial charge in [0.2, 0.25) is 0 Å². The summed E-state index contributed by atoms with van der Waals surface area (Å²) in [6, 6.07) is 0.154. The molecule has 0 aromatic heterocycles. The molecule has 13 heavy (non-hydrogen) atoms. The Kier molecular flexibility index (Phi) is 5.77. The maximum Gasteiger partial charge on any atom is 0.0658 e. The van der Waals surface area contributed by atoms with E-state index in [2.05, 4.69) is 25.1 Å². The molecule has 0 saturated carbocycles. The van der Waals surface area contributed by atoms with E-state index in [1.54, 1.807) is 7.11 Å². The minimum absolute atomic E-state index is 0.154. The Morgan fingerprint density at radius 3 is 2.62 bits per heavy atom. The van der Waals surface area contributed by atoms with Crippen molar-refractivity contribution in [2.75, 3.05) is 20.3 Å². The summed E-state index contributed by atoms with van der Waals surface area (Å²) in [5.74, 6) is 2.65. The van der Waals surface area contributed by atoms with Crippen LogP contribution in [0.25, 0.3) is 0 Å². The summed E-state index contributed by atoms with van der Waals surface area (Å²) >= 11 is 0. The molecule has 0 aromatic carbocycles. The van der Waals surface area contributed by atoms with E-state index >= 15 is 0 Å². The second-order valence-corrected chi connectivity index (χ2v) is 4.18. The van der Waals surface area contributed by atoms with Gasteiger partial charge in [0.25, 0.3) is 0 Å². The van der Waals surface area contributed by atoms with E-state index in [-0.39, 0.29) is 11.5 Å². The summed E-state index contributed by atoms with van der Waals surface area (Å²) < 4.78 is 5.04. The van der Waals surface area contributed by atoms with Gasteiger partial charge in [-0.05, 0) is 18.8 Å². The van der Waals surface area contributed by atoms with E-state index in [1.807, 2.05) is 6.92 Å². The molecule has 0 aliphatic heterocycles. The monoisotopic (exact) mass is 183 g/mol. The van der Waals surface area contributed by atoms with Crippen LogP contribution in [-0.4, -0.2) is 26.3 Å². The van der Waals surface area contributed by atoms with Crippen molar-refractivity contribution in [2.45, 2.75) is 33.2 Å². The van der Waals surface area contributed by atoms with E-state index in [1.165, 1.54) is 0 Å². The third kappa shape index (κ3) is 6.62. The summed E-state index contributed by atoms with van der Waals surface area (Å²) in [6.45, 7) is 8.15. The van der Waals surface area contributed by atoms with Crippen molar-refractivity contribution in [2.24, 2.45) is 5.41 Å². The zero-order chi connectivity index (χ0) is 10.3.